The average molecular weight is 352 g/mol. The summed E-state index contributed by atoms with van der Waals surface area (Å²) in [7, 11) is 1.86. The fourth-order valence-electron chi connectivity index (χ4n) is 2.63. The molecule has 1 atom stereocenters. The molecule has 3 rings (SSSR count). The molecule has 128 valence electrons. The molecule has 0 aliphatic heterocycles. The third-order valence-electron chi connectivity index (χ3n) is 3.94. The van der Waals surface area contributed by atoms with Crippen molar-refractivity contribution in [2.75, 3.05) is 5.75 Å². The van der Waals surface area contributed by atoms with Crippen molar-refractivity contribution in [3.8, 4) is 0 Å². The van der Waals surface area contributed by atoms with Crippen molar-refractivity contribution in [2.24, 2.45) is 7.05 Å². The van der Waals surface area contributed by atoms with Crippen molar-refractivity contribution in [3.63, 3.8) is 0 Å². The highest BCUT2D eigenvalue weighted by Crippen LogP contribution is 2.25. The first-order valence-electron chi connectivity index (χ1n) is 8.02. The predicted molar refractivity (Wildman–Crippen MR) is 99.3 cm³/mol. The zero-order valence-electron chi connectivity index (χ0n) is 14.2. The van der Waals surface area contributed by atoms with Crippen LogP contribution in [0, 0.1) is 6.92 Å². The van der Waals surface area contributed by atoms with Gasteiger partial charge in [0.25, 0.3) is 0 Å². The van der Waals surface area contributed by atoms with Gasteiger partial charge in [-0.2, -0.15) is 0 Å². The molecule has 1 heterocycles. The summed E-state index contributed by atoms with van der Waals surface area (Å²) in [5.74, 6) is 0.256. The van der Waals surface area contributed by atoms with Gasteiger partial charge in [0, 0.05) is 7.05 Å². The summed E-state index contributed by atoms with van der Waals surface area (Å²) in [6.45, 7) is 2.06. The Hall–Kier alpha value is -2.60. The minimum Gasteiger partial charge on any atom is -0.344 e. The highest BCUT2D eigenvalue weighted by atomic mass is 32.2. The highest BCUT2D eigenvalue weighted by Gasteiger charge is 2.18. The zero-order valence-corrected chi connectivity index (χ0v) is 15.0. The molecule has 2 aromatic carbocycles. The van der Waals surface area contributed by atoms with Gasteiger partial charge in [-0.3, -0.25) is 4.79 Å². The van der Waals surface area contributed by atoms with Crippen LogP contribution >= 0.6 is 11.8 Å². The lowest BCUT2D eigenvalue weighted by molar-refractivity contribution is -0.119. The fraction of sp³-hybridized carbons (Fsp3) is 0.211. The SMILES string of the molecule is Cc1ccccc1C(NC(=O)CSc1nncn1C)c1ccccc1. The third-order valence-corrected chi connectivity index (χ3v) is 4.97. The molecule has 1 N–H and O–H groups in total. The number of carbonyl (C=O) groups excluding carboxylic acids is 1. The van der Waals surface area contributed by atoms with Crippen molar-refractivity contribution >= 4 is 17.7 Å². The van der Waals surface area contributed by atoms with Crippen molar-refractivity contribution in [1.29, 1.82) is 0 Å². The molecule has 3 aromatic rings. The summed E-state index contributed by atoms with van der Waals surface area (Å²) in [6.07, 6.45) is 1.63. The summed E-state index contributed by atoms with van der Waals surface area (Å²) in [5.41, 5.74) is 3.32. The van der Waals surface area contributed by atoms with Crippen LogP contribution in [0.25, 0.3) is 0 Å². The standard InChI is InChI=1S/C19H20N4OS/c1-14-8-6-7-11-16(14)18(15-9-4-3-5-10-15)21-17(24)12-25-19-22-20-13-23(19)2/h3-11,13,18H,12H2,1-2H3,(H,21,24). The number of hydrogen-bond donors (Lipinski definition) is 1. The van der Waals surface area contributed by atoms with E-state index in [9.17, 15) is 4.79 Å². The van der Waals surface area contributed by atoms with E-state index in [4.69, 9.17) is 0 Å². The van der Waals surface area contributed by atoms with Gasteiger partial charge in [0.2, 0.25) is 5.91 Å². The van der Waals surface area contributed by atoms with Gasteiger partial charge in [-0.25, -0.2) is 0 Å². The van der Waals surface area contributed by atoms with Crippen LogP contribution in [0.4, 0.5) is 0 Å². The first-order chi connectivity index (χ1) is 12.1. The first-order valence-corrected chi connectivity index (χ1v) is 9.00. The molecule has 5 nitrogen and oxygen atoms in total. The number of rotatable bonds is 6. The van der Waals surface area contributed by atoms with Gasteiger partial charge in [-0.1, -0.05) is 66.4 Å². The highest BCUT2D eigenvalue weighted by molar-refractivity contribution is 7.99. The van der Waals surface area contributed by atoms with E-state index in [2.05, 4.69) is 34.6 Å². The molecule has 6 heteroatoms. The lowest BCUT2D eigenvalue weighted by Crippen LogP contribution is -2.31. The number of nitrogens with one attached hydrogen (secondary N) is 1. The normalized spacial score (nSPS) is 11.9. The van der Waals surface area contributed by atoms with Crippen molar-refractivity contribution in [3.05, 3.63) is 77.6 Å². The number of aromatic nitrogens is 3. The minimum atomic E-state index is -0.171. The summed E-state index contributed by atoms with van der Waals surface area (Å²) in [6, 6.07) is 18.0. The second-order valence-corrected chi connectivity index (χ2v) is 6.72. The molecule has 0 radical (unpaired) electrons. The molecule has 25 heavy (non-hydrogen) atoms. The van der Waals surface area contributed by atoms with Crippen LogP contribution in [0.15, 0.2) is 66.1 Å². The zero-order chi connectivity index (χ0) is 17.6. The quantitative estimate of drug-likeness (QED) is 0.693. The van der Waals surface area contributed by atoms with Gasteiger partial charge < -0.3 is 9.88 Å². The van der Waals surface area contributed by atoms with Gasteiger partial charge >= 0.3 is 0 Å². The second-order valence-electron chi connectivity index (χ2n) is 5.78. The largest absolute Gasteiger partial charge is 0.344 e. The third kappa shape index (κ3) is 4.28. The van der Waals surface area contributed by atoms with Gasteiger partial charge in [0.05, 0.1) is 11.8 Å². The molecule has 0 spiro atoms. The van der Waals surface area contributed by atoms with E-state index in [0.717, 1.165) is 21.8 Å². The van der Waals surface area contributed by atoms with E-state index in [1.54, 1.807) is 10.9 Å². The van der Waals surface area contributed by atoms with Crippen LogP contribution in [0.1, 0.15) is 22.7 Å². The molecule has 1 unspecified atom stereocenters. The molecule has 0 aliphatic rings. The van der Waals surface area contributed by atoms with Crippen LogP contribution in [-0.4, -0.2) is 26.4 Å². The molecule has 0 bridgehead atoms. The van der Waals surface area contributed by atoms with Crippen LogP contribution < -0.4 is 5.32 Å². The number of amides is 1. The van der Waals surface area contributed by atoms with Gasteiger partial charge in [0.15, 0.2) is 5.16 Å². The van der Waals surface area contributed by atoms with Crippen molar-refractivity contribution in [2.45, 2.75) is 18.1 Å². The smallest absolute Gasteiger partial charge is 0.231 e. The Balaban J connectivity index is 1.77. The number of hydrogen-bond acceptors (Lipinski definition) is 4. The van der Waals surface area contributed by atoms with Crippen molar-refractivity contribution in [1.82, 2.24) is 20.1 Å². The topological polar surface area (TPSA) is 59.8 Å². The summed E-state index contributed by atoms with van der Waals surface area (Å²) in [5, 5.41) is 11.7. The van der Waals surface area contributed by atoms with E-state index in [0.29, 0.717) is 5.75 Å². The number of thioether (sulfide) groups is 1. The van der Waals surface area contributed by atoms with E-state index in [1.165, 1.54) is 11.8 Å². The van der Waals surface area contributed by atoms with E-state index in [1.807, 2.05) is 49.5 Å². The number of carbonyl (C=O) groups is 1. The van der Waals surface area contributed by atoms with Crippen LogP contribution in [0.5, 0.6) is 0 Å². The van der Waals surface area contributed by atoms with Crippen LogP contribution in [0.3, 0.4) is 0 Å². The molecule has 0 aliphatic carbocycles. The average Bonchev–Trinajstić information content (AvgIpc) is 3.04. The van der Waals surface area contributed by atoms with E-state index in [-0.39, 0.29) is 11.9 Å². The fourth-order valence-corrected chi connectivity index (χ4v) is 3.33. The Labute approximate surface area is 151 Å². The lowest BCUT2D eigenvalue weighted by atomic mass is 9.95. The second kappa shape index (κ2) is 7.98. The van der Waals surface area contributed by atoms with Gasteiger partial charge in [-0.05, 0) is 23.6 Å². The maximum absolute atomic E-state index is 12.5. The Morgan fingerprint density at radius 3 is 2.56 bits per heavy atom. The van der Waals surface area contributed by atoms with Crippen LogP contribution in [0.2, 0.25) is 0 Å². The Kier molecular flexibility index (Phi) is 5.50. The Morgan fingerprint density at radius 1 is 1.16 bits per heavy atom. The summed E-state index contributed by atoms with van der Waals surface area (Å²) >= 11 is 1.38. The maximum atomic E-state index is 12.5. The monoisotopic (exact) mass is 352 g/mol. The molecular formula is C19H20N4OS. The summed E-state index contributed by atoms with van der Waals surface area (Å²) < 4.78 is 1.80. The molecular weight excluding hydrogens is 332 g/mol. The van der Waals surface area contributed by atoms with Gasteiger partial charge in [-0.15, -0.1) is 10.2 Å². The molecule has 1 amide bonds. The molecule has 0 saturated carbocycles. The maximum Gasteiger partial charge on any atom is 0.231 e. The van der Waals surface area contributed by atoms with E-state index >= 15 is 0 Å². The number of benzene rings is 2. The summed E-state index contributed by atoms with van der Waals surface area (Å²) in [4.78, 5) is 12.5. The Morgan fingerprint density at radius 2 is 1.88 bits per heavy atom. The van der Waals surface area contributed by atoms with Gasteiger partial charge in [0.1, 0.15) is 6.33 Å². The number of aryl methyl sites for hydroxylation is 2. The Bertz CT molecular complexity index is 847. The molecule has 1 aromatic heterocycles. The van der Waals surface area contributed by atoms with Crippen molar-refractivity contribution < 1.29 is 4.79 Å². The first kappa shape index (κ1) is 17.2. The predicted octanol–water partition coefficient (Wildman–Crippen LogP) is 3.12. The van der Waals surface area contributed by atoms with Crippen LogP contribution in [-0.2, 0) is 11.8 Å². The minimum absolute atomic E-state index is 0.0369. The number of nitrogens with zero attached hydrogens (tertiary/aromatic N) is 3. The molecule has 0 fully saturated rings. The lowest BCUT2D eigenvalue weighted by Gasteiger charge is -2.21. The molecule has 0 saturated heterocycles. The van der Waals surface area contributed by atoms with E-state index < -0.39 is 0 Å².